The lowest BCUT2D eigenvalue weighted by Gasteiger charge is -2.21. The Bertz CT molecular complexity index is 574. The number of amides is 1. The second-order valence-corrected chi connectivity index (χ2v) is 4.87. The van der Waals surface area contributed by atoms with Gasteiger partial charge in [-0.2, -0.15) is 5.10 Å². The number of hydrogen-bond donors (Lipinski definition) is 1. The third-order valence-corrected chi connectivity index (χ3v) is 3.09. The van der Waals surface area contributed by atoms with Crippen LogP contribution in [0, 0.1) is 0 Å². The van der Waals surface area contributed by atoms with E-state index >= 15 is 0 Å². The van der Waals surface area contributed by atoms with E-state index in [4.69, 9.17) is 5.73 Å². The lowest BCUT2D eigenvalue weighted by atomic mass is 10.1. The van der Waals surface area contributed by atoms with Crippen LogP contribution in [0.15, 0.2) is 36.7 Å². The first-order valence-electron chi connectivity index (χ1n) is 6.72. The predicted molar refractivity (Wildman–Crippen MR) is 79.1 cm³/mol. The summed E-state index contributed by atoms with van der Waals surface area (Å²) in [4.78, 5) is 14.3. The normalized spacial score (nSPS) is 10.5. The Kier molecular flexibility index (Phi) is 4.40. The van der Waals surface area contributed by atoms with Gasteiger partial charge in [-0.25, -0.2) is 0 Å². The van der Waals surface area contributed by atoms with Gasteiger partial charge in [0.2, 0.25) is 0 Å². The Labute approximate surface area is 119 Å². The molecule has 0 spiro atoms. The lowest BCUT2D eigenvalue weighted by Crippen LogP contribution is -2.31. The summed E-state index contributed by atoms with van der Waals surface area (Å²) in [6.07, 6.45) is 4.27. The molecule has 5 nitrogen and oxygen atoms in total. The number of rotatable bonds is 5. The van der Waals surface area contributed by atoms with E-state index in [0.717, 1.165) is 24.2 Å². The maximum atomic E-state index is 12.5. The maximum absolute atomic E-state index is 12.5. The lowest BCUT2D eigenvalue weighted by molar-refractivity contribution is 0.0743. The van der Waals surface area contributed by atoms with Crippen LogP contribution in [0.2, 0.25) is 0 Å². The van der Waals surface area contributed by atoms with Crippen LogP contribution in [0.25, 0.3) is 0 Å². The van der Waals surface area contributed by atoms with E-state index < -0.39 is 0 Å². The molecule has 1 amide bonds. The summed E-state index contributed by atoms with van der Waals surface area (Å²) >= 11 is 0. The highest BCUT2D eigenvalue weighted by molar-refractivity contribution is 5.93. The van der Waals surface area contributed by atoms with Crippen LogP contribution in [0.5, 0.6) is 0 Å². The standard InChI is InChI=1S/C15H20N4O/c1-3-8-19(10-12-4-6-14(16)7-5-12)15(20)13-9-17-18(2)11-13/h4-7,9,11H,3,8,10,16H2,1-2H3. The molecule has 2 N–H and O–H groups in total. The number of nitrogens with zero attached hydrogens (tertiary/aromatic N) is 3. The largest absolute Gasteiger partial charge is 0.399 e. The molecule has 106 valence electrons. The Morgan fingerprint density at radius 2 is 2.05 bits per heavy atom. The molecule has 0 fully saturated rings. The minimum Gasteiger partial charge on any atom is -0.399 e. The third kappa shape index (κ3) is 3.38. The van der Waals surface area contributed by atoms with Crippen molar-refractivity contribution in [1.29, 1.82) is 0 Å². The minimum atomic E-state index is 0.0109. The second-order valence-electron chi connectivity index (χ2n) is 4.87. The van der Waals surface area contributed by atoms with Gasteiger partial charge in [-0.3, -0.25) is 9.48 Å². The van der Waals surface area contributed by atoms with Crippen molar-refractivity contribution in [3.8, 4) is 0 Å². The van der Waals surface area contributed by atoms with Crippen molar-refractivity contribution in [2.75, 3.05) is 12.3 Å². The number of nitrogen functional groups attached to an aromatic ring is 1. The molecule has 0 aliphatic rings. The van der Waals surface area contributed by atoms with Gasteiger partial charge in [0.05, 0.1) is 11.8 Å². The molecular weight excluding hydrogens is 252 g/mol. The van der Waals surface area contributed by atoms with Gasteiger partial charge in [-0.1, -0.05) is 19.1 Å². The van der Waals surface area contributed by atoms with E-state index in [1.165, 1.54) is 0 Å². The fraction of sp³-hybridized carbons (Fsp3) is 0.333. The molecule has 0 aliphatic carbocycles. The van der Waals surface area contributed by atoms with Crippen LogP contribution in [-0.4, -0.2) is 27.1 Å². The average molecular weight is 272 g/mol. The summed E-state index contributed by atoms with van der Waals surface area (Å²) in [6.45, 7) is 3.37. The number of carbonyl (C=O) groups is 1. The number of aryl methyl sites for hydroxylation is 1. The van der Waals surface area contributed by atoms with Crippen molar-refractivity contribution in [3.05, 3.63) is 47.8 Å². The molecule has 1 aromatic carbocycles. The van der Waals surface area contributed by atoms with Crippen molar-refractivity contribution in [2.24, 2.45) is 7.05 Å². The highest BCUT2D eigenvalue weighted by Crippen LogP contribution is 2.12. The Hall–Kier alpha value is -2.30. The fourth-order valence-electron chi connectivity index (χ4n) is 2.08. The van der Waals surface area contributed by atoms with E-state index in [1.807, 2.05) is 29.2 Å². The van der Waals surface area contributed by atoms with Gasteiger partial charge in [0.15, 0.2) is 0 Å². The molecule has 0 atom stereocenters. The van der Waals surface area contributed by atoms with Crippen molar-refractivity contribution in [1.82, 2.24) is 14.7 Å². The van der Waals surface area contributed by atoms with Crippen LogP contribution < -0.4 is 5.73 Å². The quantitative estimate of drug-likeness (QED) is 0.847. The van der Waals surface area contributed by atoms with Crippen molar-refractivity contribution >= 4 is 11.6 Å². The van der Waals surface area contributed by atoms with Crippen LogP contribution in [0.4, 0.5) is 5.69 Å². The maximum Gasteiger partial charge on any atom is 0.257 e. The predicted octanol–water partition coefficient (Wildman–Crippen LogP) is 2.05. The van der Waals surface area contributed by atoms with Crippen LogP contribution >= 0.6 is 0 Å². The molecule has 2 rings (SSSR count). The summed E-state index contributed by atoms with van der Waals surface area (Å²) in [5.74, 6) is 0.0109. The number of carbonyl (C=O) groups excluding carboxylic acids is 1. The Morgan fingerprint density at radius 1 is 1.35 bits per heavy atom. The summed E-state index contributed by atoms with van der Waals surface area (Å²) in [7, 11) is 1.81. The molecule has 2 aromatic rings. The molecule has 0 radical (unpaired) electrons. The summed E-state index contributed by atoms with van der Waals surface area (Å²) < 4.78 is 1.64. The third-order valence-electron chi connectivity index (χ3n) is 3.09. The molecule has 0 aliphatic heterocycles. The molecule has 20 heavy (non-hydrogen) atoms. The molecule has 0 unspecified atom stereocenters. The number of aromatic nitrogens is 2. The summed E-state index contributed by atoms with van der Waals surface area (Å²) in [6, 6.07) is 7.62. The van der Waals surface area contributed by atoms with E-state index in [1.54, 1.807) is 24.1 Å². The van der Waals surface area contributed by atoms with Crippen LogP contribution in [0.3, 0.4) is 0 Å². The topological polar surface area (TPSA) is 64.2 Å². The van der Waals surface area contributed by atoms with Gasteiger partial charge in [-0.15, -0.1) is 0 Å². The van der Waals surface area contributed by atoms with Crippen molar-refractivity contribution in [3.63, 3.8) is 0 Å². The smallest absolute Gasteiger partial charge is 0.257 e. The number of anilines is 1. The van der Waals surface area contributed by atoms with Gasteiger partial charge in [-0.05, 0) is 24.1 Å². The zero-order valence-electron chi connectivity index (χ0n) is 11.9. The zero-order chi connectivity index (χ0) is 14.5. The first-order valence-corrected chi connectivity index (χ1v) is 6.72. The van der Waals surface area contributed by atoms with Gasteiger partial charge < -0.3 is 10.6 Å². The first kappa shape index (κ1) is 14.1. The summed E-state index contributed by atoms with van der Waals surface area (Å²) in [5, 5.41) is 4.05. The van der Waals surface area contributed by atoms with Crippen LogP contribution in [-0.2, 0) is 13.6 Å². The van der Waals surface area contributed by atoms with Gasteiger partial charge in [0, 0.05) is 32.0 Å². The van der Waals surface area contributed by atoms with E-state index in [2.05, 4.69) is 12.0 Å². The molecule has 1 aromatic heterocycles. The number of nitrogens with two attached hydrogens (primary N) is 1. The fourth-order valence-corrected chi connectivity index (χ4v) is 2.08. The van der Waals surface area contributed by atoms with Gasteiger partial charge in [0.1, 0.15) is 0 Å². The molecular formula is C15H20N4O. The summed E-state index contributed by atoms with van der Waals surface area (Å²) in [5.41, 5.74) is 8.10. The Balaban J connectivity index is 2.14. The molecule has 1 heterocycles. The highest BCUT2D eigenvalue weighted by atomic mass is 16.2. The Morgan fingerprint density at radius 3 is 2.60 bits per heavy atom. The monoisotopic (exact) mass is 272 g/mol. The molecule has 5 heteroatoms. The van der Waals surface area contributed by atoms with Crippen molar-refractivity contribution in [2.45, 2.75) is 19.9 Å². The molecule has 0 saturated carbocycles. The minimum absolute atomic E-state index is 0.0109. The van der Waals surface area contributed by atoms with E-state index in [-0.39, 0.29) is 5.91 Å². The average Bonchev–Trinajstić information content (AvgIpc) is 2.86. The van der Waals surface area contributed by atoms with Crippen molar-refractivity contribution < 1.29 is 4.79 Å². The van der Waals surface area contributed by atoms with Gasteiger partial charge in [0.25, 0.3) is 5.91 Å². The molecule has 0 bridgehead atoms. The highest BCUT2D eigenvalue weighted by Gasteiger charge is 2.16. The molecule has 0 saturated heterocycles. The first-order chi connectivity index (χ1) is 9.60. The van der Waals surface area contributed by atoms with Gasteiger partial charge >= 0.3 is 0 Å². The second kappa shape index (κ2) is 6.23. The van der Waals surface area contributed by atoms with Crippen LogP contribution in [0.1, 0.15) is 29.3 Å². The number of benzene rings is 1. The van der Waals surface area contributed by atoms with E-state index in [9.17, 15) is 4.79 Å². The van der Waals surface area contributed by atoms with E-state index in [0.29, 0.717) is 12.1 Å². The SMILES string of the molecule is CCCN(Cc1ccc(N)cc1)C(=O)c1cnn(C)c1. The number of hydrogen-bond acceptors (Lipinski definition) is 3. The zero-order valence-corrected chi connectivity index (χ0v) is 11.9.